The van der Waals surface area contributed by atoms with Crippen LogP contribution in [0.15, 0.2) is 24.3 Å². The van der Waals surface area contributed by atoms with Crippen molar-refractivity contribution in [3.63, 3.8) is 0 Å². The largest absolute Gasteiger partial charge is 0.383 e. The van der Waals surface area contributed by atoms with E-state index in [0.29, 0.717) is 6.04 Å². The second-order valence-corrected chi connectivity index (χ2v) is 4.38. The molecule has 0 aliphatic rings. The maximum absolute atomic E-state index is 6.15. The van der Waals surface area contributed by atoms with Gasteiger partial charge in [-0.3, -0.25) is 0 Å². The summed E-state index contributed by atoms with van der Waals surface area (Å²) in [5.74, 6) is 0. The Morgan fingerprint density at radius 3 is 2.62 bits per heavy atom. The highest BCUT2D eigenvalue weighted by Gasteiger charge is 2.13. The fourth-order valence-corrected chi connectivity index (χ4v) is 2.05. The number of hydrogen-bond donors (Lipinski definition) is 1. The standard InChI is InChI=1S/C13H20ClNO/c1-4-11(9-16-3)15-10(2)12-7-5-6-8-13(12)14/h5-8,10-11,15H,4,9H2,1-3H3/t10-,11?/m0/s1. The fourth-order valence-electron chi connectivity index (χ4n) is 1.75. The molecule has 2 nitrogen and oxygen atoms in total. The van der Waals surface area contributed by atoms with E-state index in [1.165, 1.54) is 0 Å². The highest BCUT2D eigenvalue weighted by Crippen LogP contribution is 2.22. The zero-order valence-electron chi connectivity index (χ0n) is 10.2. The summed E-state index contributed by atoms with van der Waals surface area (Å²) < 4.78 is 5.17. The van der Waals surface area contributed by atoms with E-state index in [1.807, 2.05) is 18.2 Å². The van der Waals surface area contributed by atoms with Crippen molar-refractivity contribution in [1.29, 1.82) is 0 Å². The Labute approximate surface area is 103 Å². The number of benzene rings is 1. The third-order valence-corrected chi connectivity index (χ3v) is 3.06. The van der Waals surface area contributed by atoms with E-state index in [0.717, 1.165) is 23.6 Å². The van der Waals surface area contributed by atoms with Gasteiger partial charge >= 0.3 is 0 Å². The molecule has 0 fully saturated rings. The Morgan fingerprint density at radius 2 is 2.06 bits per heavy atom. The third kappa shape index (κ3) is 3.78. The molecule has 0 aliphatic carbocycles. The highest BCUT2D eigenvalue weighted by atomic mass is 35.5. The van der Waals surface area contributed by atoms with Crippen LogP contribution in [0.5, 0.6) is 0 Å². The minimum Gasteiger partial charge on any atom is -0.383 e. The Hall–Kier alpha value is -0.570. The van der Waals surface area contributed by atoms with Crippen molar-refractivity contribution < 1.29 is 4.74 Å². The molecule has 1 N–H and O–H groups in total. The van der Waals surface area contributed by atoms with Gasteiger partial charge in [0.1, 0.15) is 0 Å². The molecule has 0 amide bonds. The van der Waals surface area contributed by atoms with Gasteiger partial charge in [0.25, 0.3) is 0 Å². The van der Waals surface area contributed by atoms with Crippen molar-refractivity contribution in [2.24, 2.45) is 0 Å². The molecule has 1 aromatic rings. The van der Waals surface area contributed by atoms with Crippen molar-refractivity contribution >= 4 is 11.6 Å². The van der Waals surface area contributed by atoms with E-state index >= 15 is 0 Å². The summed E-state index contributed by atoms with van der Waals surface area (Å²) in [5.41, 5.74) is 1.14. The first-order valence-corrected chi connectivity index (χ1v) is 6.06. The Morgan fingerprint density at radius 1 is 1.38 bits per heavy atom. The van der Waals surface area contributed by atoms with Crippen LogP contribution < -0.4 is 5.32 Å². The topological polar surface area (TPSA) is 21.3 Å². The first-order valence-electron chi connectivity index (χ1n) is 5.68. The van der Waals surface area contributed by atoms with Gasteiger partial charge in [-0.2, -0.15) is 0 Å². The van der Waals surface area contributed by atoms with Gasteiger partial charge in [-0.25, -0.2) is 0 Å². The number of methoxy groups -OCH3 is 1. The molecule has 1 aromatic carbocycles. The van der Waals surface area contributed by atoms with E-state index in [-0.39, 0.29) is 6.04 Å². The quantitative estimate of drug-likeness (QED) is 0.824. The number of ether oxygens (including phenoxy) is 1. The van der Waals surface area contributed by atoms with Crippen LogP contribution in [0.1, 0.15) is 31.9 Å². The zero-order valence-corrected chi connectivity index (χ0v) is 10.9. The third-order valence-electron chi connectivity index (χ3n) is 2.72. The summed E-state index contributed by atoms with van der Waals surface area (Å²) in [4.78, 5) is 0. The maximum atomic E-state index is 6.15. The SMILES string of the molecule is CCC(COC)N[C@@H](C)c1ccccc1Cl. The number of nitrogens with one attached hydrogen (secondary N) is 1. The summed E-state index contributed by atoms with van der Waals surface area (Å²) in [5, 5.41) is 4.33. The lowest BCUT2D eigenvalue weighted by atomic mass is 10.1. The summed E-state index contributed by atoms with van der Waals surface area (Å²) in [7, 11) is 1.73. The molecule has 0 aliphatic heterocycles. The van der Waals surface area contributed by atoms with E-state index in [2.05, 4.69) is 25.2 Å². The Bertz CT molecular complexity index is 317. The van der Waals surface area contributed by atoms with Crippen LogP contribution in [0, 0.1) is 0 Å². The number of hydrogen-bond acceptors (Lipinski definition) is 2. The predicted molar refractivity (Wildman–Crippen MR) is 69.0 cm³/mol. The Balaban J connectivity index is 2.64. The molecule has 90 valence electrons. The molecule has 0 aromatic heterocycles. The normalized spacial score (nSPS) is 14.8. The van der Waals surface area contributed by atoms with E-state index in [1.54, 1.807) is 7.11 Å². The monoisotopic (exact) mass is 241 g/mol. The first kappa shape index (κ1) is 13.5. The molecule has 0 bridgehead atoms. The van der Waals surface area contributed by atoms with Crippen LogP contribution in [0.3, 0.4) is 0 Å². The van der Waals surface area contributed by atoms with Crippen molar-refractivity contribution in [2.75, 3.05) is 13.7 Å². The molecule has 2 atom stereocenters. The van der Waals surface area contributed by atoms with Gasteiger partial charge in [-0.1, -0.05) is 36.7 Å². The van der Waals surface area contributed by atoms with Crippen LogP contribution >= 0.6 is 11.6 Å². The molecule has 16 heavy (non-hydrogen) atoms. The molecule has 3 heteroatoms. The van der Waals surface area contributed by atoms with Crippen molar-refractivity contribution in [2.45, 2.75) is 32.4 Å². The van der Waals surface area contributed by atoms with Gasteiger partial charge in [0.2, 0.25) is 0 Å². The zero-order chi connectivity index (χ0) is 12.0. The lowest BCUT2D eigenvalue weighted by Gasteiger charge is -2.22. The van der Waals surface area contributed by atoms with Gasteiger partial charge in [0, 0.05) is 24.2 Å². The summed E-state index contributed by atoms with van der Waals surface area (Å²) >= 11 is 6.15. The molecule has 0 radical (unpaired) electrons. The molecule has 0 saturated carbocycles. The van der Waals surface area contributed by atoms with Crippen LogP contribution in [-0.4, -0.2) is 19.8 Å². The maximum Gasteiger partial charge on any atom is 0.0615 e. The average Bonchev–Trinajstić information content (AvgIpc) is 2.28. The lowest BCUT2D eigenvalue weighted by Crippen LogP contribution is -2.34. The summed E-state index contributed by atoms with van der Waals surface area (Å²) in [6, 6.07) is 8.55. The highest BCUT2D eigenvalue weighted by molar-refractivity contribution is 6.31. The molecule has 0 spiro atoms. The van der Waals surface area contributed by atoms with Gasteiger partial charge in [0.15, 0.2) is 0 Å². The van der Waals surface area contributed by atoms with Crippen molar-refractivity contribution in [1.82, 2.24) is 5.32 Å². The predicted octanol–water partition coefficient (Wildman–Crippen LogP) is 3.42. The molecule has 0 heterocycles. The number of rotatable bonds is 6. The van der Waals surface area contributed by atoms with Crippen LogP contribution in [0.25, 0.3) is 0 Å². The second kappa shape index (κ2) is 6.89. The smallest absolute Gasteiger partial charge is 0.0615 e. The van der Waals surface area contributed by atoms with Crippen molar-refractivity contribution in [3.05, 3.63) is 34.9 Å². The molecular formula is C13H20ClNO. The second-order valence-electron chi connectivity index (χ2n) is 3.97. The van der Waals surface area contributed by atoms with E-state index < -0.39 is 0 Å². The van der Waals surface area contributed by atoms with Gasteiger partial charge in [-0.15, -0.1) is 0 Å². The van der Waals surface area contributed by atoms with Crippen LogP contribution in [0.2, 0.25) is 5.02 Å². The minimum absolute atomic E-state index is 0.244. The van der Waals surface area contributed by atoms with Gasteiger partial charge in [0.05, 0.1) is 6.61 Å². The molecule has 1 unspecified atom stereocenters. The fraction of sp³-hybridized carbons (Fsp3) is 0.538. The summed E-state index contributed by atoms with van der Waals surface area (Å²) in [6.45, 7) is 5.00. The molecule has 0 saturated heterocycles. The van der Waals surface area contributed by atoms with E-state index in [9.17, 15) is 0 Å². The molecule has 1 rings (SSSR count). The molecular weight excluding hydrogens is 222 g/mol. The van der Waals surface area contributed by atoms with E-state index in [4.69, 9.17) is 16.3 Å². The van der Waals surface area contributed by atoms with Gasteiger partial charge in [-0.05, 0) is 25.0 Å². The lowest BCUT2D eigenvalue weighted by molar-refractivity contribution is 0.159. The Kier molecular flexibility index (Phi) is 5.81. The van der Waals surface area contributed by atoms with Crippen LogP contribution in [-0.2, 0) is 4.74 Å². The number of halogens is 1. The first-order chi connectivity index (χ1) is 7.69. The summed E-state index contributed by atoms with van der Waals surface area (Å²) in [6.07, 6.45) is 1.04. The average molecular weight is 242 g/mol. The van der Waals surface area contributed by atoms with Crippen molar-refractivity contribution in [3.8, 4) is 0 Å². The minimum atomic E-state index is 0.244. The van der Waals surface area contributed by atoms with Gasteiger partial charge < -0.3 is 10.1 Å². The van der Waals surface area contributed by atoms with Crippen LogP contribution in [0.4, 0.5) is 0 Å².